The number of thiocarbonyl (C=S) groups is 1. The van der Waals surface area contributed by atoms with Crippen molar-refractivity contribution >= 4 is 51.7 Å². The van der Waals surface area contributed by atoms with E-state index in [2.05, 4.69) is 77.6 Å². The molecule has 15 heteroatoms. The summed E-state index contributed by atoms with van der Waals surface area (Å²) in [6.45, 7) is 18.2. The normalized spacial score (nSPS) is 13.3. The molecular weight excluding hydrogens is 939 g/mol. The molecule has 3 N–H and O–H groups in total. The van der Waals surface area contributed by atoms with Crippen LogP contribution in [-0.4, -0.2) is 132 Å². The third kappa shape index (κ3) is 16.3. The Labute approximate surface area is 434 Å². The molecule has 2 aromatic carbocycles. The summed E-state index contributed by atoms with van der Waals surface area (Å²) >= 11 is 5.64. The van der Waals surface area contributed by atoms with Gasteiger partial charge in [-0.15, -0.1) is 0 Å². The van der Waals surface area contributed by atoms with Gasteiger partial charge in [0.1, 0.15) is 37.5 Å². The first-order valence-electron chi connectivity index (χ1n) is 22.0. The number of nitrogens with zero attached hydrogens (tertiary/aromatic N) is 5. The summed E-state index contributed by atoms with van der Waals surface area (Å²) in [5.74, 6) is -0.587. The molecule has 5 rings (SSSR count). The minimum absolute atomic E-state index is 0. The number of carbonyl (C=O) groups excluding carboxylic acids is 1. The third-order valence-electron chi connectivity index (χ3n) is 11.7. The number of carboxylic acid groups (broad SMARTS) is 1. The molecule has 1 aliphatic carbocycles. The number of fused-ring (bicyclic) bond motifs is 2. The molecule has 12 nitrogen and oxygen atoms in total. The fourth-order valence-electron chi connectivity index (χ4n) is 8.05. The maximum atomic E-state index is 12.8. The number of carbonyl (C=O) groups is 1. The minimum Gasteiger partial charge on any atom is -1.00 e. The maximum Gasteiger partial charge on any atom is 1.00 e. The van der Waals surface area contributed by atoms with E-state index in [-0.39, 0.29) is 80.9 Å². The van der Waals surface area contributed by atoms with Crippen molar-refractivity contribution in [3.63, 3.8) is 0 Å². The largest absolute Gasteiger partial charge is 1.00 e. The molecule has 2 heterocycles. The Balaban J connectivity index is 0.00000512. The number of quaternary nitrogens is 2. The molecule has 0 saturated carbocycles. The summed E-state index contributed by atoms with van der Waals surface area (Å²) < 4.78 is 16.3. The van der Waals surface area contributed by atoms with E-state index in [1.807, 2.05) is 49.4 Å². The molecule has 2 aromatic rings. The quantitative estimate of drug-likeness (QED) is 0.0149. The van der Waals surface area contributed by atoms with Crippen LogP contribution in [0.1, 0.15) is 69.7 Å². The van der Waals surface area contributed by atoms with Gasteiger partial charge in [-0.3, -0.25) is 0 Å². The Bertz CT molecular complexity index is 2160. The fraction of sp³-hybridized carbons (Fsp3) is 0.532. The van der Waals surface area contributed by atoms with Gasteiger partial charge in [-0.05, 0) is 88.1 Å². The number of ether oxygens (including phenoxy) is 1. The summed E-state index contributed by atoms with van der Waals surface area (Å²) in [7, 11) is 6.86. The summed E-state index contributed by atoms with van der Waals surface area (Å²) in [6, 6.07) is 20.3. The first kappa shape index (κ1) is 54.1. The Hall–Kier alpha value is -2.28. The molecule has 0 spiro atoms. The number of unbranched alkanes of at least 4 members (excludes halogenated alkanes) is 3. The van der Waals surface area contributed by atoms with Gasteiger partial charge in [0.25, 0.3) is 0 Å². The monoisotopic (exact) mass is 1010 g/mol. The molecule has 0 unspecified atom stereocenters. The van der Waals surface area contributed by atoms with Gasteiger partial charge in [0, 0.05) is 78.1 Å². The van der Waals surface area contributed by atoms with Gasteiger partial charge in [-0.2, -0.15) is 0 Å². The van der Waals surface area contributed by atoms with Crippen molar-refractivity contribution in [1.82, 2.24) is 9.89 Å². The van der Waals surface area contributed by atoms with Crippen molar-refractivity contribution in [3.8, 4) is 22.5 Å². The Morgan fingerprint density at radius 1 is 0.887 bits per heavy atom. The first-order valence-corrected chi connectivity index (χ1v) is 22.4. The Kier molecular flexibility index (Phi) is 23.8. The number of halogens is 1. The minimum atomic E-state index is -1.27. The van der Waals surface area contributed by atoms with Crippen LogP contribution in [0, 0.1) is 0 Å². The Morgan fingerprint density at radius 3 is 2.27 bits per heavy atom. The van der Waals surface area contributed by atoms with Crippen molar-refractivity contribution in [2.24, 2.45) is 9.98 Å². The third-order valence-corrected chi connectivity index (χ3v) is 11.9. The number of hydrogen-bond acceptors (Lipinski definition) is 8. The molecule has 0 aromatic heterocycles. The molecule has 0 atom stereocenters. The van der Waals surface area contributed by atoms with E-state index in [4.69, 9.17) is 21.4 Å². The zero-order valence-electron chi connectivity index (χ0n) is 38.3. The zero-order valence-corrected chi connectivity index (χ0v) is 44.4. The molecule has 1 saturated heterocycles. The van der Waals surface area contributed by atoms with Crippen molar-refractivity contribution < 1.29 is 103 Å². The molecule has 62 heavy (non-hydrogen) atoms. The Morgan fingerprint density at radius 2 is 1.56 bits per heavy atom. The number of likely N-dealkylation sites (N-methyl/N-ethyl adjacent to an activating group) is 1. The van der Waals surface area contributed by atoms with E-state index in [0.717, 1.165) is 141 Å². The zero-order chi connectivity index (χ0) is 43.0. The number of nitrogens with one attached hydrogen (secondary N) is 3. The van der Waals surface area contributed by atoms with E-state index in [1.165, 1.54) is 12.8 Å². The second-order valence-electron chi connectivity index (χ2n) is 16.8. The predicted molar refractivity (Wildman–Crippen MR) is 248 cm³/mol. The molecule has 0 radical (unpaired) electrons. The van der Waals surface area contributed by atoms with Crippen LogP contribution < -0.4 is 106 Å². The average molecular weight is 1010 g/mol. The maximum absolute atomic E-state index is 12.8. The molecule has 0 bridgehead atoms. The number of rotatable bonds is 22. The fourth-order valence-corrected chi connectivity index (χ4v) is 8.27. The summed E-state index contributed by atoms with van der Waals surface area (Å²) in [4.78, 5) is 21.5. The van der Waals surface area contributed by atoms with Gasteiger partial charge >= 0.3 is 51.4 Å². The topological polar surface area (TPSA) is 126 Å². The van der Waals surface area contributed by atoms with Crippen molar-refractivity contribution in [3.05, 3.63) is 65.5 Å². The van der Waals surface area contributed by atoms with Crippen LogP contribution in [0.5, 0.6) is 0 Å². The summed E-state index contributed by atoms with van der Waals surface area (Å²) in [5, 5.41) is 24.9. The number of morpholine rings is 1. The smallest absolute Gasteiger partial charge is 1.00 e. The summed E-state index contributed by atoms with van der Waals surface area (Å²) in [5.41, 5.74) is 4.39. The van der Waals surface area contributed by atoms with Gasteiger partial charge in [-0.1, -0.05) is 12.5 Å². The van der Waals surface area contributed by atoms with E-state index in [9.17, 15) is 9.90 Å². The van der Waals surface area contributed by atoms with Crippen LogP contribution in [0.3, 0.4) is 0 Å². The van der Waals surface area contributed by atoms with Crippen LogP contribution in [0.4, 0.5) is 11.4 Å². The van der Waals surface area contributed by atoms with Crippen molar-refractivity contribution in [1.29, 1.82) is 0 Å². The van der Waals surface area contributed by atoms with Gasteiger partial charge in [0.15, 0.2) is 5.11 Å². The van der Waals surface area contributed by atoms with E-state index in [1.54, 1.807) is 6.07 Å². The number of carboxylic acids is 1. The first-order chi connectivity index (χ1) is 29.0. The second-order valence-corrected chi connectivity index (χ2v) is 17.2. The van der Waals surface area contributed by atoms with Gasteiger partial charge in [-0.25, -0.2) is 14.6 Å². The number of aromatic carboxylic acids is 1. The molecule has 2 aliphatic heterocycles. The van der Waals surface area contributed by atoms with E-state index < -0.39 is 5.97 Å². The number of benzene rings is 3. The van der Waals surface area contributed by atoms with Gasteiger partial charge in [0.05, 0.1) is 78.6 Å². The van der Waals surface area contributed by atoms with E-state index in [0.29, 0.717) is 34.3 Å². The van der Waals surface area contributed by atoms with Gasteiger partial charge in [0.2, 0.25) is 5.36 Å². The molecule has 3 aliphatic rings. The second kappa shape index (κ2) is 27.3. The molecule has 0 amide bonds. The standard InChI is InChI=1S/C47H66N8O4S.HI.K/c1-7-50-36-16-20-40-43(33-36)59-44-34-38(53(8-2)9-3)18-21-41(44)45(40)39-19-17-37(32-42(39)46(56)57)52-47(60)51-24-15-26-54(4,5)25-13-11-10-12-22-48-35-49-23-14-27-55(6)28-30-58-31-29-55;;/h16-21,32-34H,7-15,22-31H2,1-6H3,(H-2,50,51,52,56,57,60);1H;/q;;+1/p+1. The molecule has 332 valence electrons. The number of anilines is 2. The van der Waals surface area contributed by atoms with Crippen LogP contribution >= 0.6 is 12.2 Å². The SMILES string of the molecule is CCNc1ccc2c(-c3ccc(NC(=S)NCCC[N+](C)(C)CCCCCCN=C=NCCC[N+]4(C)CCOCC4)cc3C(=O)[O-])c3ccc(=[N+](CC)CC)cc-3oc2c1.[I-].[K+]. The van der Waals surface area contributed by atoms with Crippen LogP contribution in [0.25, 0.3) is 33.4 Å². The average Bonchev–Trinajstić information content (AvgIpc) is 3.22. The van der Waals surface area contributed by atoms with Crippen LogP contribution in [0.15, 0.2) is 69.0 Å². The van der Waals surface area contributed by atoms with Crippen molar-refractivity contribution in [2.45, 2.75) is 59.3 Å². The number of hydrogen-bond donors (Lipinski definition) is 3. The molecular formula is C47H68IKN8O4S+2. The van der Waals surface area contributed by atoms with Crippen LogP contribution in [-0.2, 0) is 4.74 Å². The van der Waals surface area contributed by atoms with Gasteiger partial charge < -0.3 is 67.9 Å². The van der Waals surface area contributed by atoms with Crippen molar-refractivity contribution in [2.75, 3.05) is 117 Å². The van der Waals surface area contributed by atoms with E-state index >= 15 is 0 Å². The molecule has 1 fully saturated rings. The summed E-state index contributed by atoms with van der Waals surface area (Å²) in [6.07, 6.45) is 6.61. The number of aliphatic imine (C=N–C) groups is 2. The van der Waals surface area contributed by atoms with Crippen LogP contribution in [0.2, 0.25) is 0 Å². The predicted octanol–water partition coefficient (Wildman–Crippen LogP) is 0.174.